The lowest BCUT2D eigenvalue weighted by Crippen LogP contribution is -2.26. The third-order valence-corrected chi connectivity index (χ3v) is 4.00. The third-order valence-electron chi connectivity index (χ3n) is 2.96. The van der Waals surface area contributed by atoms with Gasteiger partial charge in [-0.3, -0.25) is 4.79 Å². The highest BCUT2D eigenvalue weighted by molar-refractivity contribution is 7.99. The highest BCUT2D eigenvalue weighted by Crippen LogP contribution is 2.16. The number of amides is 1. The predicted molar refractivity (Wildman–Crippen MR) is 82.7 cm³/mol. The van der Waals surface area contributed by atoms with E-state index in [0.717, 1.165) is 12.1 Å². The Morgan fingerprint density at radius 1 is 1.42 bits per heavy atom. The number of rotatable bonds is 6. The molecule has 0 bridgehead atoms. The van der Waals surface area contributed by atoms with Crippen molar-refractivity contribution in [2.45, 2.75) is 38.4 Å². The van der Waals surface area contributed by atoms with Crippen molar-refractivity contribution in [1.29, 1.82) is 0 Å². The normalized spacial score (nSPS) is 12.5. The van der Waals surface area contributed by atoms with Crippen LogP contribution in [0.3, 0.4) is 0 Å². The Hall–Kier alpha value is -1.23. The number of nitrogens with two attached hydrogens (primary N) is 1. The van der Waals surface area contributed by atoms with Gasteiger partial charge in [0.05, 0.1) is 0 Å². The van der Waals surface area contributed by atoms with E-state index in [2.05, 4.69) is 23.5 Å². The fourth-order valence-electron chi connectivity index (χ4n) is 1.61. The lowest BCUT2D eigenvalue weighted by Gasteiger charge is -2.11. The van der Waals surface area contributed by atoms with Crippen LogP contribution in [0.2, 0.25) is 0 Å². The molecule has 1 amide bonds. The minimum absolute atomic E-state index is 0.0793. The summed E-state index contributed by atoms with van der Waals surface area (Å²) in [4.78, 5) is 16.3. The number of nitrogens with zero attached hydrogens (tertiary/aromatic N) is 1. The van der Waals surface area contributed by atoms with Crippen LogP contribution in [-0.4, -0.2) is 28.9 Å². The van der Waals surface area contributed by atoms with E-state index in [9.17, 15) is 4.79 Å². The van der Waals surface area contributed by atoms with Crippen LogP contribution in [0.1, 0.15) is 49.2 Å². The quantitative estimate of drug-likeness (QED) is 0.841. The van der Waals surface area contributed by atoms with Gasteiger partial charge in [0.2, 0.25) is 0 Å². The molecule has 4 nitrogen and oxygen atoms in total. The summed E-state index contributed by atoms with van der Waals surface area (Å²) in [6.07, 6.45) is 3.04. The van der Waals surface area contributed by atoms with Gasteiger partial charge in [0.25, 0.3) is 5.91 Å². The van der Waals surface area contributed by atoms with E-state index in [1.807, 2.05) is 19.9 Å². The molecule has 0 aliphatic carbocycles. The van der Waals surface area contributed by atoms with Crippen molar-refractivity contribution < 1.29 is 4.79 Å². The van der Waals surface area contributed by atoms with Gasteiger partial charge in [0, 0.05) is 23.1 Å². The molecule has 0 aliphatic rings. The summed E-state index contributed by atoms with van der Waals surface area (Å²) in [5.74, 6) is 0.574. The van der Waals surface area contributed by atoms with E-state index in [1.54, 1.807) is 17.8 Å². The second-order valence-electron chi connectivity index (χ2n) is 4.95. The van der Waals surface area contributed by atoms with Crippen molar-refractivity contribution in [3.8, 4) is 0 Å². The number of anilines is 1. The maximum absolute atomic E-state index is 12.0. The Bertz CT molecular complexity index is 435. The van der Waals surface area contributed by atoms with Crippen LogP contribution in [0.4, 0.5) is 5.82 Å². The first-order chi connectivity index (χ1) is 8.93. The van der Waals surface area contributed by atoms with Gasteiger partial charge in [0.15, 0.2) is 0 Å². The maximum Gasteiger partial charge on any atom is 0.251 e. The molecule has 1 rings (SSSR count). The standard InChI is InChI=1S/C14H23N3OS/c1-9(2)12-7-11(8-13(15)17-12)14(18)16-6-5-10(3)19-4/h7-10H,5-6H2,1-4H3,(H2,15,17)(H,16,18). The Morgan fingerprint density at radius 3 is 2.68 bits per heavy atom. The van der Waals surface area contributed by atoms with Crippen molar-refractivity contribution in [1.82, 2.24) is 10.3 Å². The summed E-state index contributed by atoms with van der Waals surface area (Å²) in [5, 5.41) is 3.47. The summed E-state index contributed by atoms with van der Waals surface area (Å²) >= 11 is 1.80. The van der Waals surface area contributed by atoms with Crippen LogP contribution in [0.5, 0.6) is 0 Å². The fourth-order valence-corrected chi connectivity index (χ4v) is 1.96. The number of carbonyl (C=O) groups is 1. The molecule has 3 N–H and O–H groups in total. The predicted octanol–water partition coefficient (Wildman–Crippen LogP) is 2.66. The largest absolute Gasteiger partial charge is 0.384 e. The maximum atomic E-state index is 12.0. The summed E-state index contributed by atoms with van der Waals surface area (Å²) in [5.41, 5.74) is 7.18. The number of aromatic nitrogens is 1. The van der Waals surface area contributed by atoms with Crippen LogP contribution in [0.15, 0.2) is 12.1 Å². The molecular weight excluding hydrogens is 258 g/mol. The first-order valence-electron chi connectivity index (χ1n) is 6.52. The molecule has 1 atom stereocenters. The zero-order valence-corrected chi connectivity index (χ0v) is 12.9. The average Bonchev–Trinajstić information content (AvgIpc) is 2.37. The summed E-state index contributed by atoms with van der Waals surface area (Å²) in [7, 11) is 0. The van der Waals surface area contributed by atoms with Gasteiger partial charge >= 0.3 is 0 Å². The molecule has 0 saturated carbocycles. The number of nitrogens with one attached hydrogen (secondary N) is 1. The SMILES string of the molecule is CSC(C)CCNC(=O)c1cc(N)nc(C(C)C)c1. The summed E-state index contributed by atoms with van der Waals surface area (Å²) in [6.45, 7) is 6.89. The molecule has 0 fully saturated rings. The van der Waals surface area contributed by atoms with Crippen LogP contribution in [0.25, 0.3) is 0 Å². The topological polar surface area (TPSA) is 68.0 Å². The molecule has 1 aromatic heterocycles. The molecule has 106 valence electrons. The first kappa shape index (κ1) is 15.8. The average molecular weight is 281 g/mol. The summed E-state index contributed by atoms with van der Waals surface area (Å²) in [6, 6.07) is 3.44. The van der Waals surface area contributed by atoms with E-state index >= 15 is 0 Å². The van der Waals surface area contributed by atoms with Crippen molar-refractivity contribution in [3.05, 3.63) is 23.4 Å². The second-order valence-corrected chi connectivity index (χ2v) is 6.23. The van der Waals surface area contributed by atoms with Crippen molar-refractivity contribution in [3.63, 3.8) is 0 Å². The van der Waals surface area contributed by atoms with E-state index in [0.29, 0.717) is 23.2 Å². The highest BCUT2D eigenvalue weighted by Gasteiger charge is 2.11. The van der Waals surface area contributed by atoms with Gasteiger partial charge in [-0.2, -0.15) is 11.8 Å². The number of pyridine rings is 1. The summed E-state index contributed by atoms with van der Waals surface area (Å²) < 4.78 is 0. The molecule has 1 heterocycles. The van der Waals surface area contributed by atoms with Gasteiger partial charge < -0.3 is 11.1 Å². The zero-order valence-electron chi connectivity index (χ0n) is 12.1. The lowest BCUT2D eigenvalue weighted by molar-refractivity contribution is 0.0953. The molecule has 0 aliphatic heterocycles. The first-order valence-corrected chi connectivity index (χ1v) is 7.81. The number of carbonyl (C=O) groups excluding carboxylic acids is 1. The molecule has 1 aromatic rings. The van der Waals surface area contributed by atoms with Crippen molar-refractivity contribution in [2.75, 3.05) is 18.5 Å². The second kappa shape index (κ2) is 7.38. The van der Waals surface area contributed by atoms with E-state index in [1.165, 1.54) is 0 Å². The molecular formula is C14H23N3OS. The van der Waals surface area contributed by atoms with Gasteiger partial charge in [-0.05, 0) is 30.7 Å². The number of thioether (sulfide) groups is 1. The fraction of sp³-hybridized carbons (Fsp3) is 0.571. The van der Waals surface area contributed by atoms with Crippen molar-refractivity contribution >= 4 is 23.5 Å². The van der Waals surface area contributed by atoms with Gasteiger partial charge in [0.1, 0.15) is 5.82 Å². The Kier molecular flexibility index (Phi) is 6.15. The van der Waals surface area contributed by atoms with Crippen LogP contribution in [-0.2, 0) is 0 Å². The number of hydrogen-bond donors (Lipinski definition) is 2. The van der Waals surface area contributed by atoms with Gasteiger partial charge in [-0.25, -0.2) is 4.98 Å². The third kappa shape index (κ3) is 5.11. The molecule has 5 heteroatoms. The van der Waals surface area contributed by atoms with E-state index in [4.69, 9.17) is 5.73 Å². The number of nitrogen functional groups attached to an aromatic ring is 1. The number of hydrogen-bond acceptors (Lipinski definition) is 4. The minimum Gasteiger partial charge on any atom is -0.384 e. The smallest absolute Gasteiger partial charge is 0.251 e. The minimum atomic E-state index is -0.0793. The Morgan fingerprint density at radius 2 is 2.11 bits per heavy atom. The molecule has 19 heavy (non-hydrogen) atoms. The van der Waals surface area contributed by atoms with Gasteiger partial charge in [-0.15, -0.1) is 0 Å². The molecule has 0 spiro atoms. The van der Waals surface area contributed by atoms with Crippen LogP contribution < -0.4 is 11.1 Å². The zero-order chi connectivity index (χ0) is 14.4. The molecule has 1 unspecified atom stereocenters. The molecule has 0 radical (unpaired) electrons. The van der Waals surface area contributed by atoms with E-state index < -0.39 is 0 Å². The monoisotopic (exact) mass is 281 g/mol. The van der Waals surface area contributed by atoms with E-state index in [-0.39, 0.29) is 11.8 Å². The molecule has 0 aromatic carbocycles. The lowest BCUT2D eigenvalue weighted by atomic mass is 10.1. The Balaban J connectivity index is 2.66. The molecule has 0 saturated heterocycles. The van der Waals surface area contributed by atoms with Crippen LogP contribution in [0, 0.1) is 0 Å². The van der Waals surface area contributed by atoms with Gasteiger partial charge in [-0.1, -0.05) is 20.8 Å². The van der Waals surface area contributed by atoms with Crippen molar-refractivity contribution in [2.24, 2.45) is 0 Å². The Labute approximate surface area is 119 Å². The highest BCUT2D eigenvalue weighted by atomic mass is 32.2. The van der Waals surface area contributed by atoms with Crippen LogP contribution >= 0.6 is 11.8 Å².